The van der Waals surface area contributed by atoms with Crippen LogP contribution in [-0.4, -0.2) is 18.0 Å². The second-order valence-electron chi connectivity index (χ2n) is 5.84. The fraction of sp³-hybridized carbons (Fsp3) is 0.125. The summed E-state index contributed by atoms with van der Waals surface area (Å²) in [6.07, 6.45) is 0. The van der Waals surface area contributed by atoms with Gasteiger partial charge in [0.05, 0.1) is 5.52 Å². The molecule has 0 saturated heterocycles. The molecule has 2 nitrogen and oxygen atoms in total. The van der Waals surface area contributed by atoms with E-state index in [1.165, 1.54) is 21.5 Å². The summed E-state index contributed by atoms with van der Waals surface area (Å²) in [5, 5.41) is 4.31. The molecule has 3 aromatic rings. The first-order chi connectivity index (χ1) is 10.00. The van der Waals surface area contributed by atoms with Crippen LogP contribution in [0, 0.1) is 0 Å². The zero-order chi connectivity index (χ0) is 14.8. The van der Waals surface area contributed by atoms with E-state index in [1.807, 2.05) is 6.07 Å². The van der Waals surface area contributed by atoms with Gasteiger partial charge in [-0.15, -0.1) is 0 Å². The molecule has 0 aliphatic carbocycles. The topological polar surface area (TPSA) is 25.8 Å². The first kappa shape index (κ1) is 13.3. The van der Waals surface area contributed by atoms with Gasteiger partial charge in [0, 0.05) is 10.9 Å². The summed E-state index contributed by atoms with van der Waals surface area (Å²) in [6, 6.07) is 12.8. The summed E-state index contributed by atoms with van der Waals surface area (Å²) in [5.41, 5.74) is 3.31. The van der Waals surface area contributed by atoms with Crippen LogP contribution in [0.25, 0.3) is 22.0 Å². The van der Waals surface area contributed by atoms with Crippen molar-refractivity contribution in [3.8, 4) is 11.1 Å². The van der Waals surface area contributed by atoms with Gasteiger partial charge in [-0.3, -0.25) is 0 Å². The lowest BCUT2D eigenvalue weighted by Crippen LogP contribution is -2.49. The molecule has 2 heterocycles. The number of hydrogen-bond acceptors (Lipinski definition) is 2. The van der Waals surface area contributed by atoms with Crippen molar-refractivity contribution in [1.82, 2.24) is 9.97 Å². The molecule has 104 valence electrons. The predicted molar refractivity (Wildman–Crippen MR) is 91.7 cm³/mol. The van der Waals surface area contributed by atoms with E-state index in [4.69, 9.17) is 23.2 Å². The Morgan fingerprint density at radius 3 is 2.48 bits per heavy atom. The molecule has 1 aromatic heterocycles. The molecule has 0 radical (unpaired) electrons. The van der Waals surface area contributed by atoms with E-state index in [0.29, 0.717) is 5.15 Å². The molecule has 0 saturated carbocycles. The van der Waals surface area contributed by atoms with Crippen LogP contribution < -0.4 is 10.4 Å². The first-order valence-electron chi connectivity index (χ1n) is 6.76. The van der Waals surface area contributed by atoms with Crippen molar-refractivity contribution >= 4 is 52.6 Å². The Labute approximate surface area is 133 Å². The van der Waals surface area contributed by atoms with Crippen molar-refractivity contribution in [2.75, 3.05) is 0 Å². The summed E-state index contributed by atoms with van der Waals surface area (Å²) in [7, 11) is -1.68. The highest BCUT2D eigenvalue weighted by molar-refractivity contribution is 7.04. The Kier molecular flexibility index (Phi) is 2.71. The second-order valence-corrected chi connectivity index (χ2v) is 10.9. The quantitative estimate of drug-likeness (QED) is 0.356. The summed E-state index contributed by atoms with van der Waals surface area (Å²) in [5.74, 6) is 0. The minimum absolute atomic E-state index is 0.199. The lowest BCUT2D eigenvalue weighted by molar-refractivity contribution is 1.22. The molecule has 1 aliphatic heterocycles. The summed E-state index contributed by atoms with van der Waals surface area (Å²) in [6.45, 7) is 4.74. The fourth-order valence-corrected chi connectivity index (χ4v) is 6.82. The minimum atomic E-state index is -1.68. The molecule has 4 rings (SSSR count). The molecule has 0 amide bonds. The molecule has 0 atom stereocenters. The maximum atomic E-state index is 6.24. The number of hydrogen-bond donors (Lipinski definition) is 0. The largest absolute Gasteiger partial charge is 0.224 e. The zero-order valence-corrected chi connectivity index (χ0v) is 14.1. The fourth-order valence-electron chi connectivity index (χ4n) is 3.32. The average molecular weight is 331 g/mol. The summed E-state index contributed by atoms with van der Waals surface area (Å²) in [4.78, 5) is 8.52. The Balaban J connectivity index is 2.23. The highest BCUT2D eigenvalue weighted by Gasteiger charge is 2.38. The number of halogens is 2. The van der Waals surface area contributed by atoms with Gasteiger partial charge in [0.2, 0.25) is 5.28 Å². The van der Waals surface area contributed by atoms with Crippen LogP contribution in [0.3, 0.4) is 0 Å². The second kappa shape index (κ2) is 4.29. The van der Waals surface area contributed by atoms with Crippen LogP contribution in [-0.2, 0) is 0 Å². The Hall–Kier alpha value is -1.42. The Morgan fingerprint density at radius 2 is 1.67 bits per heavy atom. The van der Waals surface area contributed by atoms with Gasteiger partial charge in [0.1, 0.15) is 13.2 Å². The third-order valence-electron chi connectivity index (χ3n) is 4.34. The van der Waals surface area contributed by atoms with Gasteiger partial charge < -0.3 is 0 Å². The van der Waals surface area contributed by atoms with Crippen LogP contribution in [0.4, 0.5) is 0 Å². The van der Waals surface area contributed by atoms with E-state index in [-0.39, 0.29) is 5.28 Å². The van der Waals surface area contributed by atoms with Crippen LogP contribution in [0.5, 0.6) is 0 Å². The van der Waals surface area contributed by atoms with Gasteiger partial charge in [0.15, 0.2) is 0 Å². The molecule has 0 bridgehead atoms. The molecular weight excluding hydrogens is 319 g/mol. The molecular formula is C16H12Cl2N2Si. The van der Waals surface area contributed by atoms with Crippen LogP contribution in [0.1, 0.15) is 0 Å². The highest BCUT2D eigenvalue weighted by Crippen LogP contribution is 2.35. The van der Waals surface area contributed by atoms with Gasteiger partial charge in [-0.2, -0.15) is 0 Å². The van der Waals surface area contributed by atoms with Crippen LogP contribution in [0.2, 0.25) is 23.5 Å². The van der Waals surface area contributed by atoms with E-state index < -0.39 is 8.07 Å². The van der Waals surface area contributed by atoms with Crippen molar-refractivity contribution in [3.05, 3.63) is 46.8 Å². The molecule has 0 N–H and O–H groups in total. The van der Waals surface area contributed by atoms with Gasteiger partial charge in [-0.25, -0.2) is 9.97 Å². The molecule has 21 heavy (non-hydrogen) atoms. The SMILES string of the molecule is C[Si]1(C)c2ccccc2-c2c1ccc1c(Cl)nc(Cl)nc21. The highest BCUT2D eigenvalue weighted by atomic mass is 35.5. The third-order valence-corrected chi connectivity index (χ3v) is 8.34. The van der Waals surface area contributed by atoms with E-state index in [9.17, 15) is 0 Å². The van der Waals surface area contributed by atoms with Crippen molar-refractivity contribution in [2.45, 2.75) is 13.1 Å². The Morgan fingerprint density at radius 1 is 0.905 bits per heavy atom. The number of fused-ring (bicyclic) bond motifs is 5. The van der Waals surface area contributed by atoms with E-state index in [1.54, 1.807) is 0 Å². The van der Waals surface area contributed by atoms with Crippen molar-refractivity contribution in [2.24, 2.45) is 0 Å². The van der Waals surface area contributed by atoms with Gasteiger partial charge in [-0.05, 0) is 33.6 Å². The molecule has 1 aliphatic rings. The summed E-state index contributed by atoms with van der Waals surface area (Å²) < 4.78 is 0. The van der Waals surface area contributed by atoms with Gasteiger partial charge >= 0.3 is 0 Å². The van der Waals surface area contributed by atoms with E-state index in [2.05, 4.69) is 53.4 Å². The number of benzene rings is 2. The molecule has 2 aromatic carbocycles. The average Bonchev–Trinajstić information content (AvgIpc) is 2.68. The van der Waals surface area contributed by atoms with E-state index in [0.717, 1.165) is 10.9 Å². The normalized spacial score (nSPS) is 15.0. The smallest absolute Gasteiger partial charge is 0.217 e. The molecule has 0 unspecified atom stereocenters. The number of aromatic nitrogens is 2. The van der Waals surface area contributed by atoms with Crippen molar-refractivity contribution in [3.63, 3.8) is 0 Å². The first-order valence-corrected chi connectivity index (χ1v) is 10.5. The molecule has 0 spiro atoms. The van der Waals surface area contributed by atoms with E-state index >= 15 is 0 Å². The minimum Gasteiger partial charge on any atom is -0.217 e. The predicted octanol–water partition coefficient (Wildman–Crippen LogP) is 3.74. The zero-order valence-electron chi connectivity index (χ0n) is 11.6. The Bertz CT molecular complexity index is 906. The lowest BCUT2D eigenvalue weighted by Gasteiger charge is -2.18. The third kappa shape index (κ3) is 1.71. The maximum absolute atomic E-state index is 6.24. The molecule has 5 heteroatoms. The van der Waals surface area contributed by atoms with Crippen molar-refractivity contribution < 1.29 is 0 Å². The van der Waals surface area contributed by atoms with Gasteiger partial charge in [-0.1, -0.05) is 55.0 Å². The summed E-state index contributed by atoms with van der Waals surface area (Å²) >= 11 is 12.3. The number of rotatable bonds is 0. The standard InChI is InChI=1S/C16H12Cl2N2Si/c1-21(2)11-6-4-3-5-9(11)13-12(21)8-7-10-14(13)19-16(18)20-15(10)17/h3-8H,1-2H3. The van der Waals surface area contributed by atoms with Gasteiger partial charge in [0.25, 0.3) is 0 Å². The molecule has 0 fully saturated rings. The lowest BCUT2D eigenvalue weighted by atomic mass is 10.0. The van der Waals surface area contributed by atoms with Crippen LogP contribution >= 0.6 is 23.2 Å². The maximum Gasteiger partial charge on any atom is 0.224 e. The monoisotopic (exact) mass is 330 g/mol. The van der Waals surface area contributed by atoms with Crippen LogP contribution in [0.15, 0.2) is 36.4 Å². The number of nitrogens with zero attached hydrogens (tertiary/aromatic N) is 2. The van der Waals surface area contributed by atoms with Crippen molar-refractivity contribution in [1.29, 1.82) is 0 Å².